The van der Waals surface area contributed by atoms with Gasteiger partial charge in [0.2, 0.25) is 0 Å². The fraction of sp³-hybridized carbons (Fsp3) is 0.412. The molecule has 0 radical (unpaired) electrons. The molecule has 0 aliphatic heterocycles. The van der Waals surface area contributed by atoms with E-state index >= 15 is 0 Å². The van der Waals surface area contributed by atoms with E-state index in [0.29, 0.717) is 0 Å². The van der Waals surface area contributed by atoms with Crippen LogP contribution in [0.25, 0.3) is 0 Å². The van der Waals surface area contributed by atoms with E-state index in [1.807, 2.05) is 18.5 Å². The van der Waals surface area contributed by atoms with Crippen LogP contribution in [0.1, 0.15) is 24.6 Å². The van der Waals surface area contributed by atoms with E-state index in [1.165, 1.54) is 5.56 Å². The van der Waals surface area contributed by atoms with Crippen molar-refractivity contribution in [3.63, 3.8) is 0 Å². The fourth-order valence-corrected chi connectivity index (χ4v) is 2.09. The van der Waals surface area contributed by atoms with Crippen molar-refractivity contribution in [3.8, 4) is 0 Å². The number of likely N-dealkylation sites (N-methyl/N-ethyl adjacent to an activating group) is 1. The maximum Gasteiger partial charge on any atom is 0.146 e. The largest absolute Gasteiger partial charge is 0.358 e. The van der Waals surface area contributed by atoms with Crippen molar-refractivity contribution in [2.75, 3.05) is 25.0 Å². The maximum atomic E-state index is 4.49. The van der Waals surface area contributed by atoms with Crippen molar-refractivity contribution in [3.05, 3.63) is 54.0 Å². The Morgan fingerprint density at radius 1 is 1.10 bits per heavy atom. The van der Waals surface area contributed by atoms with Gasteiger partial charge in [-0.15, -0.1) is 0 Å². The van der Waals surface area contributed by atoms with Crippen LogP contribution in [0.3, 0.4) is 0 Å². The smallest absolute Gasteiger partial charge is 0.146 e. The summed E-state index contributed by atoms with van der Waals surface area (Å²) in [6.45, 7) is 4.89. The highest BCUT2D eigenvalue weighted by Gasteiger charge is 2.04. The minimum atomic E-state index is 0.787. The van der Waals surface area contributed by atoms with Crippen molar-refractivity contribution >= 4 is 5.82 Å². The molecule has 0 fully saturated rings. The second-order valence-corrected chi connectivity index (χ2v) is 5.20. The average molecular weight is 284 g/mol. The van der Waals surface area contributed by atoms with Gasteiger partial charge < -0.3 is 10.2 Å². The van der Waals surface area contributed by atoms with Gasteiger partial charge in [-0.2, -0.15) is 0 Å². The van der Waals surface area contributed by atoms with E-state index in [9.17, 15) is 0 Å². The predicted molar refractivity (Wildman–Crippen MR) is 87.4 cm³/mol. The normalized spacial score (nSPS) is 10.6. The molecule has 1 aromatic heterocycles. The SMILES string of the molecule is CCCNCc1cnc(N(C)CCc2ccccc2)cn1. The topological polar surface area (TPSA) is 41.1 Å². The zero-order valence-electron chi connectivity index (χ0n) is 12.9. The lowest BCUT2D eigenvalue weighted by Crippen LogP contribution is -2.22. The van der Waals surface area contributed by atoms with E-state index in [4.69, 9.17) is 0 Å². The molecule has 4 nitrogen and oxygen atoms in total. The minimum Gasteiger partial charge on any atom is -0.358 e. The van der Waals surface area contributed by atoms with Gasteiger partial charge in [0.25, 0.3) is 0 Å². The Morgan fingerprint density at radius 3 is 2.57 bits per heavy atom. The van der Waals surface area contributed by atoms with Gasteiger partial charge >= 0.3 is 0 Å². The summed E-state index contributed by atoms with van der Waals surface area (Å²) in [5, 5.41) is 3.33. The molecule has 0 saturated heterocycles. The Hall–Kier alpha value is -1.94. The lowest BCUT2D eigenvalue weighted by molar-refractivity contribution is 0.661. The molecule has 0 bridgehead atoms. The molecule has 1 N–H and O–H groups in total. The zero-order valence-corrected chi connectivity index (χ0v) is 12.9. The van der Waals surface area contributed by atoms with Gasteiger partial charge in [0, 0.05) is 20.1 Å². The first-order valence-corrected chi connectivity index (χ1v) is 7.56. The Labute approximate surface area is 127 Å². The molecular formula is C17H24N4. The first-order valence-electron chi connectivity index (χ1n) is 7.56. The molecule has 0 saturated carbocycles. The number of nitrogens with one attached hydrogen (secondary N) is 1. The highest BCUT2D eigenvalue weighted by atomic mass is 15.2. The summed E-state index contributed by atoms with van der Waals surface area (Å²) in [4.78, 5) is 11.1. The van der Waals surface area contributed by atoms with Crippen molar-refractivity contribution < 1.29 is 0 Å². The van der Waals surface area contributed by atoms with E-state index < -0.39 is 0 Å². The molecule has 21 heavy (non-hydrogen) atoms. The maximum absolute atomic E-state index is 4.49. The molecule has 0 aliphatic carbocycles. The van der Waals surface area contributed by atoms with Gasteiger partial charge in [-0.1, -0.05) is 37.3 Å². The van der Waals surface area contributed by atoms with E-state index in [1.54, 1.807) is 0 Å². The molecule has 0 spiro atoms. The lowest BCUT2D eigenvalue weighted by Gasteiger charge is -2.17. The first kappa shape index (κ1) is 15.4. The summed E-state index contributed by atoms with van der Waals surface area (Å²) in [6, 6.07) is 10.5. The second kappa shape index (κ2) is 8.37. The fourth-order valence-electron chi connectivity index (χ4n) is 2.09. The molecule has 0 aliphatic rings. The first-order chi connectivity index (χ1) is 10.3. The van der Waals surface area contributed by atoms with Gasteiger partial charge in [-0.3, -0.25) is 4.98 Å². The molecule has 4 heteroatoms. The molecule has 0 amide bonds. The van der Waals surface area contributed by atoms with Gasteiger partial charge in [0.1, 0.15) is 5.82 Å². The summed E-state index contributed by atoms with van der Waals surface area (Å²) in [5.41, 5.74) is 2.33. The van der Waals surface area contributed by atoms with Gasteiger partial charge in [0.05, 0.1) is 18.1 Å². The quantitative estimate of drug-likeness (QED) is 0.757. The second-order valence-electron chi connectivity index (χ2n) is 5.20. The molecule has 2 aromatic rings. The highest BCUT2D eigenvalue weighted by Crippen LogP contribution is 2.08. The molecule has 1 aromatic carbocycles. The van der Waals surface area contributed by atoms with Crippen LogP contribution < -0.4 is 10.2 Å². The number of nitrogens with zero attached hydrogens (tertiary/aromatic N) is 3. The standard InChI is InChI=1S/C17H24N4/c1-3-10-18-12-16-13-20-17(14-19-16)21(2)11-9-15-7-5-4-6-8-15/h4-8,13-14,18H,3,9-12H2,1-2H3. The monoisotopic (exact) mass is 284 g/mol. The van der Waals surface area contributed by atoms with Crippen molar-refractivity contribution in [2.24, 2.45) is 0 Å². The summed E-state index contributed by atoms with van der Waals surface area (Å²) < 4.78 is 0. The number of aromatic nitrogens is 2. The zero-order chi connectivity index (χ0) is 14.9. The molecule has 112 valence electrons. The summed E-state index contributed by atoms with van der Waals surface area (Å²) in [6.07, 6.45) is 5.86. The molecule has 0 atom stereocenters. The van der Waals surface area contributed by atoms with Crippen LogP contribution in [0.4, 0.5) is 5.82 Å². The predicted octanol–water partition coefficient (Wildman–Crippen LogP) is 2.66. The van der Waals surface area contributed by atoms with Gasteiger partial charge in [0.15, 0.2) is 0 Å². The van der Waals surface area contributed by atoms with Crippen LogP contribution in [0.2, 0.25) is 0 Å². The Kier molecular flexibility index (Phi) is 6.16. The molecule has 1 heterocycles. The summed E-state index contributed by atoms with van der Waals surface area (Å²) in [7, 11) is 2.06. The van der Waals surface area contributed by atoms with Crippen LogP contribution in [-0.4, -0.2) is 30.1 Å². The number of rotatable bonds is 8. The van der Waals surface area contributed by atoms with Crippen molar-refractivity contribution in [2.45, 2.75) is 26.3 Å². The third-order valence-corrected chi connectivity index (χ3v) is 3.39. The van der Waals surface area contributed by atoms with Gasteiger partial charge in [-0.05, 0) is 24.9 Å². The number of anilines is 1. The average Bonchev–Trinajstić information content (AvgIpc) is 2.54. The van der Waals surface area contributed by atoms with Crippen LogP contribution in [0.15, 0.2) is 42.7 Å². The number of hydrogen-bond acceptors (Lipinski definition) is 4. The number of hydrogen-bond donors (Lipinski definition) is 1. The lowest BCUT2D eigenvalue weighted by atomic mass is 10.1. The van der Waals surface area contributed by atoms with Crippen LogP contribution >= 0.6 is 0 Å². The molecule has 0 unspecified atom stereocenters. The van der Waals surface area contributed by atoms with Crippen molar-refractivity contribution in [1.82, 2.24) is 15.3 Å². The Morgan fingerprint density at radius 2 is 1.90 bits per heavy atom. The van der Waals surface area contributed by atoms with Gasteiger partial charge in [-0.25, -0.2) is 4.98 Å². The van der Waals surface area contributed by atoms with Crippen LogP contribution in [-0.2, 0) is 13.0 Å². The number of benzene rings is 1. The molecular weight excluding hydrogens is 260 g/mol. The van der Waals surface area contributed by atoms with Crippen molar-refractivity contribution in [1.29, 1.82) is 0 Å². The third-order valence-electron chi connectivity index (χ3n) is 3.39. The van der Waals surface area contributed by atoms with E-state index in [2.05, 4.69) is 58.4 Å². The Bertz CT molecular complexity index is 510. The summed E-state index contributed by atoms with van der Waals surface area (Å²) >= 11 is 0. The van der Waals surface area contributed by atoms with E-state index in [-0.39, 0.29) is 0 Å². The van der Waals surface area contributed by atoms with E-state index in [0.717, 1.165) is 44.0 Å². The van der Waals surface area contributed by atoms with Crippen LogP contribution in [0.5, 0.6) is 0 Å². The third kappa shape index (κ3) is 5.16. The summed E-state index contributed by atoms with van der Waals surface area (Å²) in [5.74, 6) is 0.921. The van der Waals surface area contributed by atoms with Crippen LogP contribution in [0, 0.1) is 0 Å². The molecule has 2 rings (SSSR count). The highest BCUT2D eigenvalue weighted by molar-refractivity contribution is 5.34. The Balaban J connectivity index is 1.83. The minimum absolute atomic E-state index is 0.787.